The van der Waals surface area contributed by atoms with Crippen LogP contribution in [-0.4, -0.2) is 38.1 Å². The number of aryl methyl sites for hydroxylation is 1. The second kappa shape index (κ2) is 8.52. The molecule has 7 nitrogen and oxygen atoms in total. The van der Waals surface area contributed by atoms with Crippen molar-refractivity contribution in [3.05, 3.63) is 60.3 Å². The molecule has 8 heteroatoms. The monoisotopic (exact) mass is 398 g/mol. The third kappa shape index (κ3) is 3.77. The van der Waals surface area contributed by atoms with E-state index in [1.165, 1.54) is 0 Å². The van der Waals surface area contributed by atoms with Crippen LogP contribution in [0, 0.1) is 6.92 Å². The van der Waals surface area contributed by atoms with E-state index in [2.05, 4.69) is 46.4 Å². The zero-order chi connectivity index (χ0) is 18.8. The molecule has 1 aromatic carbocycles. The highest BCUT2D eigenvalue weighted by atomic mass is 35.5. The van der Waals surface area contributed by atoms with Crippen molar-refractivity contribution in [1.82, 2.24) is 24.4 Å². The maximum Gasteiger partial charge on any atom is 0.137 e. The molecule has 3 heterocycles. The zero-order valence-electron chi connectivity index (χ0n) is 15.9. The number of rotatable bonds is 6. The molecule has 0 bridgehead atoms. The number of hydrogen-bond acceptors (Lipinski definition) is 5. The molecule has 146 valence electrons. The number of nitrogens with zero attached hydrogens (tertiary/aromatic N) is 5. The van der Waals surface area contributed by atoms with Crippen molar-refractivity contribution in [2.45, 2.75) is 20.0 Å². The molecule has 0 saturated carbocycles. The van der Waals surface area contributed by atoms with E-state index in [1.807, 2.05) is 27.8 Å². The molecule has 0 saturated heterocycles. The summed E-state index contributed by atoms with van der Waals surface area (Å²) in [4.78, 5) is 4.53. The van der Waals surface area contributed by atoms with Gasteiger partial charge < -0.3 is 10.5 Å². The van der Waals surface area contributed by atoms with E-state index >= 15 is 0 Å². The Bertz CT molecular complexity index is 1090. The molecule has 28 heavy (non-hydrogen) atoms. The van der Waals surface area contributed by atoms with Gasteiger partial charge in [-0.1, -0.05) is 12.1 Å². The number of fused-ring (bicyclic) bond motifs is 1. The summed E-state index contributed by atoms with van der Waals surface area (Å²) in [7, 11) is 1.69. The second-order valence-corrected chi connectivity index (χ2v) is 6.50. The standard InChI is InChI=1S/C20H22N6O.ClH/c1-14-7-15(3-4-16(14)9-21)20-19-8-17(12-26(19)24-13-22-20)18-10-23-25(11-18)5-6-27-2;/h3-4,7-8,10-13H,5-6,9,21H2,1-2H3;1H. The van der Waals surface area contributed by atoms with Gasteiger partial charge in [-0.05, 0) is 30.2 Å². The Balaban J connectivity index is 0.00000225. The van der Waals surface area contributed by atoms with Crippen LogP contribution in [0.25, 0.3) is 27.9 Å². The fourth-order valence-electron chi connectivity index (χ4n) is 3.20. The molecule has 0 aliphatic rings. The molecule has 0 atom stereocenters. The van der Waals surface area contributed by atoms with Gasteiger partial charge in [0.15, 0.2) is 0 Å². The van der Waals surface area contributed by atoms with Gasteiger partial charge in [0.1, 0.15) is 6.33 Å². The third-order valence-corrected chi connectivity index (χ3v) is 4.73. The van der Waals surface area contributed by atoms with Gasteiger partial charge >= 0.3 is 0 Å². The number of benzene rings is 1. The lowest BCUT2D eigenvalue weighted by molar-refractivity contribution is 0.183. The van der Waals surface area contributed by atoms with Crippen LogP contribution in [0.5, 0.6) is 0 Å². The molecule has 0 aliphatic carbocycles. The van der Waals surface area contributed by atoms with E-state index in [1.54, 1.807) is 13.4 Å². The molecule has 4 rings (SSSR count). The highest BCUT2D eigenvalue weighted by Crippen LogP contribution is 2.28. The first kappa shape index (κ1) is 20.0. The zero-order valence-corrected chi connectivity index (χ0v) is 16.7. The van der Waals surface area contributed by atoms with Crippen LogP contribution in [-0.2, 0) is 17.8 Å². The Morgan fingerprint density at radius 1 is 1.07 bits per heavy atom. The molecule has 0 spiro atoms. The summed E-state index contributed by atoms with van der Waals surface area (Å²) in [6.45, 7) is 3.96. The smallest absolute Gasteiger partial charge is 0.137 e. The molecule has 3 aromatic heterocycles. The Morgan fingerprint density at radius 3 is 2.68 bits per heavy atom. The molecular weight excluding hydrogens is 376 g/mol. The van der Waals surface area contributed by atoms with Gasteiger partial charge in [0.25, 0.3) is 0 Å². The van der Waals surface area contributed by atoms with Crippen molar-refractivity contribution in [2.24, 2.45) is 5.73 Å². The van der Waals surface area contributed by atoms with Crippen LogP contribution in [0.15, 0.2) is 49.2 Å². The maximum absolute atomic E-state index is 5.78. The average molecular weight is 399 g/mol. The van der Waals surface area contributed by atoms with E-state index in [-0.39, 0.29) is 12.4 Å². The van der Waals surface area contributed by atoms with Crippen molar-refractivity contribution >= 4 is 17.9 Å². The summed E-state index contributed by atoms with van der Waals surface area (Å²) >= 11 is 0. The Labute approximate surface area is 169 Å². The maximum atomic E-state index is 5.78. The number of methoxy groups -OCH3 is 1. The van der Waals surface area contributed by atoms with Crippen molar-refractivity contribution in [1.29, 1.82) is 0 Å². The molecule has 0 radical (unpaired) electrons. The molecule has 0 fully saturated rings. The molecular formula is C20H23ClN6O. The topological polar surface area (TPSA) is 83.3 Å². The van der Waals surface area contributed by atoms with Crippen molar-refractivity contribution in [2.75, 3.05) is 13.7 Å². The predicted octanol–water partition coefficient (Wildman–Crippen LogP) is 3.10. The van der Waals surface area contributed by atoms with Gasteiger partial charge in [-0.3, -0.25) is 4.68 Å². The summed E-state index contributed by atoms with van der Waals surface area (Å²) in [5.41, 5.74) is 13.1. The van der Waals surface area contributed by atoms with Gasteiger partial charge in [-0.2, -0.15) is 10.2 Å². The number of nitrogens with two attached hydrogens (primary N) is 1. The molecule has 2 N–H and O–H groups in total. The lowest BCUT2D eigenvalue weighted by Gasteiger charge is -2.07. The Hall–Kier alpha value is -2.74. The van der Waals surface area contributed by atoms with Gasteiger partial charge in [-0.15, -0.1) is 12.4 Å². The second-order valence-electron chi connectivity index (χ2n) is 6.50. The first-order valence-corrected chi connectivity index (χ1v) is 8.84. The van der Waals surface area contributed by atoms with E-state index in [0.717, 1.165) is 45.6 Å². The quantitative estimate of drug-likeness (QED) is 0.539. The van der Waals surface area contributed by atoms with Gasteiger partial charge in [0, 0.05) is 42.7 Å². The number of aromatic nitrogens is 5. The normalized spacial score (nSPS) is 11.0. The fraction of sp³-hybridized carbons (Fsp3) is 0.250. The highest BCUT2D eigenvalue weighted by Gasteiger charge is 2.12. The van der Waals surface area contributed by atoms with Gasteiger partial charge in [0.2, 0.25) is 0 Å². The van der Waals surface area contributed by atoms with Crippen molar-refractivity contribution in [3.63, 3.8) is 0 Å². The van der Waals surface area contributed by atoms with Crippen LogP contribution in [0.1, 0.15) is 11.1 Å². The fourth-order valence-corrected chi connectivity index (χ4v) is 3.20. The molecule has 0 aliphatic heterocycles. The first-order chi connectivity index (χ1) is 13.2. The van der Waals surface area contributed by atoms with Crippen LogP contribution in [0.4, 0.5) is 0 Å². The number of hydrogen-bond donors (Lipinski definition) is 1. The first-order valence-electron chi connectivity index (χ1n) is 8.84. The summed E-state index contributed by atoms with van der Waals surface area (Å²) in [6.07, 6.45) is 7.46. The number of halogens is 1. The van der Waals surface area contributed by atoms with Crippen LogP contribution in [0.3, 0.4) is 0 Å². The SMILES string of the molecule is COCCn1cc(-c2cc3c(-c4ccc(CN)c(C)c4)ncnn3c2)cn1.Cl. The minimum Gasteiger partial charge on any atom is -0.383 e. The Kier molecular flexibility index (Phi) is 6.08. The van der Waals surface area contributed by atoms with Crippen molar-refractivity contribution in [3.8, 4) is 22.4 Å². The van der Waals surface area contributed by atoms with Crippen LogP contribution < -0.4 is 5.73 Å². The lowest BCUT2D eigenvalue weighted by Crippen LogP contribution is -2.03. The third-order valence-electron chi connectivity index (χ3n) is 4.73. The largest absolute Gasteiger partial charge is 0.383 e. The predicted molar refractivity (Wildman–Crippen MR) is 111 cm³/mol. The summed E-state index contributed by atoms with van der Waals surface area (Å²) in [5, 5.41) is 8.76. The minimum absolute atomic E-state index is 0. The van der Waals surface area contributed by atoms with E-state index < -0.39 is 0 Å². The van der Waals surface area contributed by atoms with Crippen LogP contribution >= 0.6 is 12.4 Å². The van der Waals surface area contributed by atoms with Gasteiger partial charge in [0.05, 0.1) is 30.6 Å². The minimum atomic E-state index is 0. The van der Waals surface area contributed by atoms with Crippen LogP contribution in [0.2, 0.25) is 0 Å². The summed E-state index contributed by atoms with van der Waals surface area (Å²) in [6, 6.07) is 8.35. The number of ether oxygens (including phenoxy) is 1. The van der Waals surface area contributed by atoms with Crippen molar-refractivity contribution < 1.29 is 4.74 Å². The van der Waals surface area contributed by atoms with Gasteiger partial charge in [-0.25, -0.2) is 9.50 Å². The summed E-state index contributed by atoms with van der Waals surface area (Å²) < 4.78 is 8.84. The molecule has 0 amide bonds. The van der Waals surface area contributed by atoms with E-state index in [9.17, 15) is 0 Å². The molecule has 4 aromatic rings. The Morgan fingerprint density at radius 2 is 1.93 bits per heavy atom. The van der Waals surface area contributed by atoms with E-state index in [4.69, 9.17) is 10.5 Å². The van der Waals surface area contributed by atoms with E-state index in [0.29, 0.717) is 13.2 Å². The average Bonchev–Trinajstić information content (AvgIpc) is 3.32. The lowest BCUT2D eigenvalue weighted by atomic mass is 10.0. The highest BCUT2D eigenvalue weighted by molar-refractivity contribution is 5.85. The molecule has 0 unspecified atom stereocenters. The summed E-state index contributed by atoms with van der Waals surface area (Å²) in [5.74, 6) is 0.